The summed E-state index contributed by atoms with van der Waals surface area (Å²) in [5.41, 5.74) is 0. The van der Waals surface area contributed by atoms with Crippen LogP contribution in [0.15, 0.2) is 33.6 Å². The van der Waals surface area contributed by atoms with Crippen LogP contribution >= 0.6 is 27.7 Å². The molecule has 0 radical (unpaired) electrons. The van der Waals surface area contributed by atoms with Crippen LogP contribution in [0, 0.1) is 11.3 Å². The molecule has 96 valence electrons. The molecule has 3 nitrogen and oxygen atoms in total. The van der Waals surface area contributed by atoms with Crippen molar-refractivity contribution < 1.29 is 4.79 Å². The number of carbonyl (C=O) groups excluding carboxylic acids is 1. The van der Waals surface area contributed by atoms with E-state index in [1.165, 1.54) is 0 Å². The molecule has 5 heteroatoms. The largest absolute Gasteiger partial charge is 0.345 e. The van der Waals surface area contributed by atoms with Gasteiger partial charge < -0.3 is 4.90 Å². The smallest absolute Gasteiger partial charge is 0.223 e. The third-order valence-electron chi connectivity index (χ3n) is 2.39. The second-order valence-electron chi connectivity index (χ2n) is 3.75. The molecular formula is C13H15BrN2OS. The van der Waals surface area contributed by atoms with Crippen LogP contribution in [0.2, 0.25) is 0 Å². The number of benzene rings is 1. The minimum atomic E-state index is 0.0878. The fourth-order valence-corrected chi connectivity index (χ4v) is 2.85. The van der Waals surface area contributed by atoms with Crippen molar-refractivity contribution in [1.82, 2.24) is 4.90 Å². The molecule has 0 heterocycles. The van der Waals surface area contributed by atoms with Crippen molar-refractivity contribution in [2.75, 3.05) is 19.3 Å². The number of nitrogens with zero attached hydrogens (tertiary/aromatic N) is 2. The van der Waals surface area contributed by atoms with Crippen LogP contribution in [0.25, 0.3) is 0 Å². The van der Waals surface area contributed by atoms with E-state index in [-0.39, 0.29) is 5.91 Å². The molecule has 0 N–H and O–H groups in total. The fourth-order valence-electron chi connectivity index (χ4n) is 1.34. The van der Waals surface area contributed by atoms with E-state index in [0.717, 1.165) is 15.1 Å². The van der Waals surface area contributed by atoms with Gasteiger partial charge in [0.15, 0.2) is 0 Å². The summed E-state index contributed by atoms with van der Waals surface area (Å²) in [6.45, 7) is 0.509. The number of hydrogen-bond donors (Lipinski definition) is 0. The summed E-state index contributed by atoms with van der Waals surface area (Å²) in [4.78, 5) is 14.5. The Balaban J connectivity index is 2.32. The zero-order valence-corrected chi connectivity index (χ0v) is 12.6. The lowest BCUT2D eigenvalue weighted by atomic mass is 10.3. The quantitative estimate of drug-likeness (QED) is 0.753. The molecule has 1 aromatic carbocycles. The van der Waals surface area contributed by atoms with E-state index in [1.807, 2.05) is 30.3 Å². The molecule has 0 atom stereocenters. The topological polar surface area (TPSA) is 44.1 Å². The lowest BCUT2D eigenvalue weighted by Gasteiger charge is -2.15. The van der Waals surface area contributed by atoms with Gasteiger partial charge in [0.2, 0.25) is 5.91 Å². The average Bonchev–Trinajstić information content (AvgIpc) is 2.38. The van der Waals surface area contributed by atoms with Crippen LogP contribution in [0.4, 0.5) is 0 Å². The van der Waals surface area contributed by atoms with Crippen molar-refractivity contribution >= 4 is 33.6 Å². The maximum absolute atomic E-state index is 11.7. The molecule has 0 spiro atoms. The first-order valence-corrected chi connectivity index (χ1v) is 7.41. The molecule has 0 aliphatic heterocycles. The summed E-state index contributed by atoms with van der Waals surface area (Å²) in [6, 6.07) is 10.0. The minimum absolute atomic E-state index is 0.0878. The van der Waals surface area contributed by atoms with Gasteiger partial charge >= 0.3 is 0 Å². The van der Waals surface area contributed by atoms with Crippen molar-refractivity contribution in [3.05, 3.63) is 28.7 Å². The SMILES string of the molecule is CN(CCC#N)C(=O)CCSc1ccccc1Br. The second-order valence-corrected chi connectivity index (χ2v) is 5.74. The summed E-state index contributed by atoms with van der Waals surface area (Å²) >= 11 is 5.13. The van der Waals surface area contributed by atoms with E-state index in [4.69, 9.17) is 5.26 Å². The Morgan fingerprint density at radius 1 is 1.50 bits per heavy atom. The molecule has 1 rings (SSSR count). The van der Waals surface area contributed by atoms with E-state index in [9.17, 15) is 4.79 Å². The molecule has 0 aromatic heterocycles. The number of rotatable bonds is 6. The Morgan fingerprint density at radius 3 is 2.89 bits per heavy atom. The summed E-state index contributed by atoms with van der Waals surface area (Å²) in [5, 5.41) is 8.45. The van der Waals surface area contributed by atoms with Gasteiger partial charge in [0.1, 0.15) is 0 Å². The van der Waals surface area contributed by atoms with Gasteiger partial charge in [-0.3, -0.25) is 4.79 Å². The molecule has 1 amide bonds. The Labute approximate surface area is 120 Å². The monoisotopic (exact) mass is 326 g/mol. The van der Waals surface area contributed by atoms with Gasteiger partial charge in [-0.05, 0) is 28.1 Å². The highest BCUT2D eigenvalue weighted by atomic mass is 79.9. The predicted molar refractivity (Wildman–Crippen MR) is 77.4 cm³/mol. The molecule has 0 saturated carbocycles. The van der Waals surface area contributed by atoms with Crippen molar-refractivity contribution in [2.45, 2.75) is 17.7 Å². The van der Waals surface area contributed by atoms with E-state index < -0.39 is 0 Å². The van der Waals surface area contributed by atoms with E-state index in [2.05, 4.69) is 15.9 Å². The van der Waals surface area contributed by atoms with Crippen LogP contribution in [0.3, 0.4) is 0 Å². The zero-order chi connectivity index (χ0) is 13.4. The summed E-state index contributed by atoms with van der Waals surface area (Å²) < 4.78 is 1.06. The van der Waals surface area contributed by atoms with Crippen LogP contribution in [0.5, 0.6) is 0 Å². The maximum Gasteiger partial charge on any atom is 0.223 e. The van der Waals surface area contributed by atoms with Gasteiger partial charge in [-0.2, -0.15) is 5.26 Å². The third kappa shape index (κ3) is 5.11. The van der Waals surface area contributed by atoms with E-state index >= 15 is 0 Å². The Bertz CT molecular complexity index is 445. The number of halogens is 1. The zero-order valence-electron chi connectivity index (χ0n) is 10.2. The van der Waals surface area contributed by atoms with Crippen molar-refractivity contribution in [3.8, 4) is 6.07 Å². The molecule has 0 aliphatic carbocycles. The number of thioether (sulfide) groups is 1. The Hall–Kier alpha value is -0.990. The number of carbonyl (C=O) groups is 1. The highest BCUT2D eigenvalue weighted by Gasteiger charge is 2.08. The van der Waals surface area contributed by atoms with Gasteiger partial charge in [-0.25, -0.2) is 0 Å². The number of amides is 1. The minimum Gasteiger partial charge on any atom is -0.345 e. The summed E-state index contributed by atoms with van der Waals surface area (Å²) in [5.74, 6) is 0.836. The van der Waals surface area contributed by atoms with Crippen LogP contribution in [-0.4, -0.2) is 30.2 Å². The first kappa shape index (κ1) is 15.1. The van der Waals surface area contributed by atoms with Gasteiger partial charge in [0, 0.05) is 35.1 Å². The lowest BCUT2D eigenvalue weighted by molar-refractivity contribution is -0.129. The maximum atomic E-state index is 11.7. The predicted octanol–water partition coefficient (Wildman–Crippen LogP) is 3.30. The van der Waals surface area contributed by atoms with E-state index in [0.29, 0.717) is 19.4 Å². The van der Waals surface area contributed by atoms with E-state index in [1.54, 1.807) is 23.7 Å². The van der Waals surface area contributed by atoms with Crippen molar-refractivity contribution in [2.24, 2.45) is 0 Å². The molecule has 0 aliphatic rings. The van der Waals surface area contributed by atoms with Crippen LogP contribution < -0.4 is 0 Å². The highest BCUT2D eigenvalue weighted by Crippen LogP contribution is 2.27. The average molecular weight is 327 g/mol. The molecular weight excluding hydrogens is 312 g/mol. The van der Waals surface area contributed by atoms with Crippen molar-refractivity contribution in [1.29, 1.82) is 5.26 Å². The van der Waals surface area contributed by atoms with Gasteiger partial charge in [-0.1, -0.05) is 12.1 Å². The molecule has 0 bridgehead atoms. The van der Waals surface area contributed by atoms with Crippen LogP contribution in [-0.2, 0) is 4.79 Å². The molecule has 18 heavy (non-hydrogen) atoms. The normalized spacial score (nSPS) is 9.83. The highest BCUT2D eigenvalue weighted by molar-refractivity contribution is 9.10. The number of nitriles is 1. The molecule has 0 fully saturated rings. The molecule has 1 aromatic rings. The standard InChI is InChI=1S/C13H15BrN2OS/c1-16(9-4-8-15)13(17)7-10-18-12-6-3-2-5-11(12)14/h2-3,5-6H,4,7,9-10H2,1H3. The first-order chi connectivity index (χ1) is 8.65. The Morgan fingerprint density at radius 2 is 2.22 bits per heavy atom. The van der Waals surface area contributed by atoms with Gasteiger partial charge in [-0.15, -0.1) is 11.8 Å². The molecule has 0 unspecified atom stereocenters. The Kier molecular flexibility index (Phi) is 6.84. The third-order valence-corrected chi connectivity index (χ3v) is 4.42. The van der Waals surface area contributed by atoms with Gasteiger partial charge in [0.05, 0.1) is 12.5 Å². The summed E-state index contributed by atoms with van der Waals surface area (Å²) in [7, 11) is 1.74. The van der Waals surface area contributed by atoms with Crippen LogP contribution in [0.1, 0.15) is 12.8 Å². The second kappa shape index (κ2) is 8.17. The molecule has 0 saturated heterocycles. The van der Waals surface area contributed by atoms with Crippen molar-refractivity contribution in [3.63, 3.8) is 0 Å². The first-order valence-electron chi connectivity index (χ1n) is 5.63. The van der Waals surface area contributed by atoms with Gasteiger partial charge in [0.25, 0.3) is 0 Å². The summed E-state index contributed by atoms with van der Waals surface area (Å²) in [6.07, 6.45) is 0.882. The number of hydrogen-bond acceptors (Lipinski definition) is 3. The fraction of sp³-hybridized carbons (Fsp3) is 0.385. The lowest BCUT2D eigenvalue weighted by Crippen LogP contribution is -2.27.